The molecule has 25 heavy (non-hydrogen) atoms. The summed E-state index contributed by atoms with van der Waals surface area (Å²) in [6, 6.07) is 3.81. The van der Waals surface area contributed by atoms with Crippen molar-refractivity contribution in [3.63, 3.8) is 0 Å². The number of anilines is 4. The average molecular weight is 334 g/mol. The maximum Gasteiger partial charge on any atom is 0.220 e. The van der Waals surface area contributed by atoms with Crippen molar-refractivity contribution in [3.05, 3.63) is 42.0 Å². The third kappa shape index (κ3) is 2.71. The van der Waals surface area contributed by atoms with Gasteiger partial charge < -0.3 is 11.5 Å². The zero-order valence-corrected chi connectivity index (χ0v) is 13.8. The first-order valence-electron chi connectivity index (χ1n) is 8.16. The minimum Gasteiger partial charge on any atom is -0.368 e. The normalized spacial score (nSPS) is 13.2. The molecule has 4 rings (SSSR count). The van der Waals surface area contributed by atoms with Gasteiger partial charge in [0.2, 0.25) is 11.9 Å². The van der Waals surface area contributed by atoms with Gasteiger partial charge in [-0.3, -0.25) is 4.90 Å². The molecular formula is C17H18N8. The smallest absolute Gasteiger partial charge is 0.220 e. The maximum absolute atomic E-state index is 5.81. The third-order valence-corrected chi connectivity index (χ3v) is 4.04. The van der Waals surface area contributed by atoms with Crippen LogP contribution < -0.4 is 16.4 Å². The molecule has 0 aliphatic carbocycles. The summed E-state index contributed by atoms with van der Waals surface area (Å²) in [7, 11) is 0. The van der Waals surface area contributed by atoms with Gasteiger partial charge in [-0.1, -0.05) is 19.4 Å². The number of nitrogen functional groups attached to an aromatic ring is 2. The van der Waals surface area contributed by atoms with Crippen LogP contribution in [0.1, 0.15) is 24.7 Å². The summed E-state index contributed by atoms with van der Waals surface area (Å²) in [6.45, 7) is 2.10. The molecule has 0 unspecified atom stereocenters. The van der Waals surface area contributed by atoms with E-state index in [-0.39, 0.29) is 11.9 Å². The zero-order valence-electron chi connectivity index (χ0n) is 13.8. The Morgan fingerprint density at radius 3 is 2.80 bits per heavy atom. The summed E-state index contributed by atoms with van der Waals surface area (Å²) in [5, 5.41) is 0. The summed E-state index contributed by atoms with van der Waals surface area (Å²) in [5.74, 6) is 1.30. The second kappa shape index (κ2) is 5.97. The van der Waals surface area contributed by atoms with E-state index in [0.717, 1.165) is 46.8 Å². The quantitative estimate of drug-likeness (QED) is 0.747. The van der Waals surface area contributed by atoms with Crippen molar-refractivity contribution in [2.75, 3.05) is 16.4 Å². The van der Waals surface area contributed by atoms with Gasteiger partial charge in [-0.15, -0.1) is 0 Å². The molecule has 0 atom stereocenters. The fourth-order valence-corrected chi connectivity index (χ4v) is 2.96. The average Bonchev–Trinajstić information content (AvgIpc) is 2.61. The summed E-state index contributed by atoms with van der Waals surface area (Å²) in [4.78, 5) is 23.8. The number of aromatic nitrogens is 5. The standard InChI is InChI=1S/C17H18N8/c1-2-4-11-15-12(23-17(19)22-11)6-7-14(24-15)25-8-3-5-10-13(25)9-20-16(18)21-10/h3,6-9H,2,4-5H2,1H3,(H2,18,20,21)(H2,19,22,23). The van der Waals surface area contributed by atoms with Gasteiger partial charge in [0.1, 0.15) is 11.3 Å². The van der Waals surface area contributed by atoms with Crippen molar-refractivity contribution < 1.29 is 0 Å². The van der Waals surface area contributed by atoms with Crippen LogP contribution in [0, 0.1) is 0 Å². The predicted octanol–water partition coefficient (Wildman–Crippen LogP) is 2.14. The lowest BCUT2D eigenvalue weighted by Gasteiger charge is -2.24. The molecule has 0 saturated carbocycles. The predicted molar refractivity (Wildman–Crippen MR) is 97.2 cm³/mol. The van der Waals surface area contributed by atoms with E-state index in [0.29, 0.717) is 6.42 Å². The van der Waals surface area contributed by atoms with Gasteiger partial charge in [0, 0.05) is 12.6 Å². The number of allylic oxidation sites excluding steroid dienone is 1. The Bertz CT molecular complexity index is 982. The highest BCUT2D eigenvalue weighted by Gasteiger charge is 2.19. The van der Waals surface area contributed by atoms with Crippen LogP contribution in [0.4, 0.5) is 23.4 Å². The van der Waals surface area contributed by atoms with E-state index >= 15 is 0 Å². The van der Waals surface area contributed by atoms with Crippen molar-refractivity contribution in [2.24, 2.45) is 0 Å². The summed E-state index contributed by atoms with van der Waals surface area (Å²) >= 11 is 0. The first-order valence-corrected chi connectivity index (χ1v) is 8.16. The lowest BCUT2D eigenvalue weighted by atomic mass is 10.1. The number of rotatable bonds is 3. The van der Waals surface area contributed by atoms with Crippen LogP contribution in [0.5, 0.6) is 0 Å². The molecule has 0 saturated heterocycles. The second-order valence-electron chi connectivity index (χ2n) is 5.83. The number of aryl methyl sites for hydroxylation is 1. The Hall–Kier alpha value is -3.29. The van der Waals surface area contributed by atoms with Crippen LogP contribution in [-0.4, -0.2) is 24.9 Å². The van der Waals surface area contributed by atoms with E-state index in [9.17, 15) is 0 Å². The van der Waals surface area contributed by atoms with Crippen LogP contribution in [-0.2, 0) is 12.8 Å². The monoisotopic (exact) mass is 334 g/mol. The van der Waals surface area contributed by atoms with Gasteiger partial charge in [-0.25, -0.2) is 24.9 Å². The third-order valence-electron chi connectivity index (χ3n) is 4.04. The number of nitrogens with two attached hydrogens (primary N) is 2. The van der Waals surface area contributed by atoms with Crippen molar-refractivity contribution in [1.82, 2.24) is 24.9 Å². The Labute approximate surface area is 144 Å². The van der Waals surface area contributed by atoms with Crippen LogP contribution >= 0.6 is 0 Å². The Morgan fingerprint density at radius 1 is 1.08 bits per heavy atom. The minimum absolute atomic E-state index is 0.273. The van der Waals surface area contributed by atoms with Gasteiger partial charge in [-0.2, -0.15) is 0 Å². The molecule has 0 spiro atoms. The van der Waals surface area contributed by atoms with Crippen LogP contribution in [0.15, 0.2) is 30.6 Å². The lowest BCUT2D eigenvalue weighted by Crippen LogP contribution is -2.18. The fourth-order valence-electron chi connectivity index (χ4n) is 2.96. The van der Waals surface area contributed by atoms with Crippen molar-refractivity contribution in [3.8, 4) is 0 Å². The molecule has 1 aliphatic heterocycles. The molecule has 126 valence electrons. The summed E-state index contributed by atoms with van der Waals surface area (Å²) < 4.78 is 0. The van der Waals surface area contributed by atoms with E-state index in [1.54, 1.807) is 6.20 Å². The molecule has 0 fully saturated rings. The minimum atomic E-state index is 0.273. The lowest BCUT2D eigenvalue weighted by molar-refractivity contribution is 0.885. The van der Waals surface area contributed by atoms with Gasteiger partial charge in [0.25, 0.3) is 0 Å². The van der Waals surface area contributed by atoms with Crippen molar-refractivity contribution in [1.29, 1.82) is 0 Å². The van der Waals surface area contributed by atoms with Crippen molar-refractivity contribution >= 4 is 34.4 Å². The molecule has 3 aromatic heterocycles. The molecule has 8 heteroatoms. The van der Waals surface area contributed by atoms with Crippen LogP contribution in [0.3, 0.4) is 0 Å². The number of hydrogen-bond donors (Lipinski definition) is 2. The molecule has 4 N–H and O–H groups in total. The van der Waals surface area contributed by atoms with E-state index in [2.05, 4.69) is 26.9 Å². The van der Waals surface area contributed by atoms with Gasteiger partial charge >= 0.3 is 0 Å². The Balaban J connectivity index is 1.85. The first-order chi connectivity index (χ1) is 12.2. The molecule has 0 amide bonds. The maximum atomic E-state index is 5.81. The Kier molecular flexibility index (Phi) is 3.64. The second-order valence-corrected chi connectivity index (χ2v) is 5.83. The van der Waals surface area contributed by atoms with E-state index in [1.165, 1.54) is 0 Å². The molecule has 0 aromatic carbocycles. The van der Waals surface area contributed by atoms with E-state index < -0.39 is 0 Å². The number of nitrogens with zero attached hydrogens (tertiary/aromatic N) is 6. The Morgan fingerprint density at radius 2 is 1.96 bits per heavy atom. The highest BCUT2D eigenvalue weighted by molar-refractivity contribution is 5.81. The van der Waals surface area contributed by atoms with Gasteiger partial charge in [-0.05, 0) is 18.6 Å². The van der Waals surface area contributed by atoms with Crippen molar-refractivity contribution in [2.45, 2.75) is 26.2 Å². The molecule has 0 radical (unpaired) electrons. The molecule has 1 aliphatic rings. The number of hydrogen-bond acceptors (Lipinski definition) is 8. The van der Waals surface area contributed by atoms with Crippen LogP contribution in [0.25, 0.3) is 11.0 Å². The molecule has 0 bridgehead atoms. The largest absolute Gasteiger partial charge is 0.368 e. The van der Waals surface area contributed by atoms with E-state index in [1.807, 2.05) is 29.3 Å². The SMILES string of the molecule is CCCc1nc(N)nc2ccc(N3C=CCc4nc(N)ncc43)nc12. The number of fused-ring (bicyclic) bond motifs is 2. The highest BCUT2D eigenvalue weighted by atomic mass is 15.2. The number of pyridine rings is 1. The fraction of sp³-hybridized carbons (Fsp3) is 0.235. The first kappa shape index (κ1) is 15.3. The molecule has 4 heterocycles. The van der Waals surface area contributed by atoms with Crippen LogP contribution in [0.2, 0.25) is 0 Å². The topological polar surface area (TPSA) is 120 Å². The van der Waals surface area contributed by atoms with Gasteiger partial charge in [0.05, 0.1) is 28.8 Å². The molecule has 3 aromatic rings. The zero-order chi connectivity index (χ0) is 17.4. The summed E-state index contributed by atoms with van der Waals surface area (Å²) in [5.41, 5.74) is 15.6. The van der Waals surface area contributed by atoms with Gasteiger partial charge in [0.15, 0.2) is 0 Å². The highest BCUT2D eigenvalue weighted by Crippen LogP contribution is 2.31. The van der Waals surface area contributed by atoms with E-state index in [4.69, 9.17) is 16.5 Å². The molecular weight excluding hydrogens is 316 g/mol. The molecule has 8 nitrogen and oxygen atoms in total. The summed E-state index contributed by atoms with van der Waals surface area (Å²) in [6.07, 6.45) is 8.18.